The Labute approximate surface area is 174 Å². The number of allylic oxidation sites excluding steroid dienone is 5. The minimum absolute atomic E-state index is 0.231. The van der Waals surface area contributed by atoms with Crippen LogP contribution in [0.3, 0.4) is 0 Å². The lowest BCUT2D eigenvalue weighted by Crippen LogP contribution is -2.36. The van der Waals surface area contributed by atoms with Crippen molar-refractivity contribution in [2.75, 3.05) is 11.4 Å². The molecular weight excluding hydrogens is 358 g/mol. The quantitative estimate of drug-likeness (QED) is 0.627. The van der Waals surface area contributed by atoms with Gasteiger partial charge in [0.15, 0.2) is 0 Å². The Kier molecular flexibility index (Phi) is 4.96. The van der Waals surface area contributed by atoms with Crippen molar-refractivity contribution in [3.63, 3.8) is 0 Å². The number of hydrogen-bond acceptors (Lipinski definition) is 2. The minimum Gasteiger partial charge on any atom is -0.478 e. The van der Waals surface area contributed by atoms with Crippen molar-refractivity contribution in [2.24, 2.45) is 23.2 Å². The number of fused-ring (bicyclic) bond motifs is 1. The van der Waals surface area contributed by atoms with Gasteiger partial charge in [-0.1, -0.05) is 38.5 Å². The van der Waals surface area contributed by atoms with Gasteiger partial charge in [0.1, 0.15) is 0 Å². The van der Waals surface area contributed by atoms with Crippen molar-refractivity contribution < 1.29 is 9.90 Å². The zero-order valence-electron chi connectivity index (χ0n) is 18.3. The molecule has 0 spiro atoms. The van der Waals surface area contributed by atoms with E-state index in [9.17, 15) is 9.90 Å². The molecule has 2 unspecified atom stereocenters. The third-order valence-electron chi connectivity index (χ3n) is 7.16. The van der Waals surface area contributed by atoms with Crippen LogP contribution in [0.5, 0.6) is 0 Å². The second-order valence-electron chi connectivity index (χ2n) is 10.00. The maximum Gasteiger partial charge on any atom is 0.335 e. The Bertz CT molecular complexity index is 913. The fourth-order valence-corrected chi connectivity index (χ4v) is 5.12. The number of carboxylic acids is 1. The van der Waals surface area contributed by atoms with E-state index in [0.717, 1.165) is 18.2 Å². The molecule has 0 aromatic heterocycles. The Morgan fingerprint density at radius 3 is 2.41 bits per heavy atom. The van der Waals surface area contributed by atoms with E-state index in [2.05, 4.69) is 51.7 Å². The molecule has 0 bridgehead atoms. The predicted octanol–water partition coefficient (Wildman–Crippen LogP) is 6.44. The normalized spacial score (nSPS) is 25.8. The molecule has 2 atom stereocenters. The number of rotatable bonds is 5. The number of carboxylic acid groups (broad SMARTS) is 1. The highest BCUT2D eigenvalue weighted by molar-refractivity contribution is 5.88. The van der Waals surface area contributed by atoms with Gasteiger partial charge in [0, 0.05) is 23.8 Å². The fraction of sp³-hybridized carbons (Fsp3) is 0.500. The van der Waals surface area contributed by atoms with E-state index in [1.807, 2.05) is 12.1 Å². The third kappa shape index (κ3) is 3.80. The smallest absolute Gasteiger partial charge is 0.335 e. The summed E-state index contributed by atoms with van der Waals surface area (Å²) in [6, 6.07) is 7.37. The first-order chi connectivity index (χ1) is 13.7. The summed E-state index contributed by atoms with van der Waals surface area (Å²) in [7, 11) is 0. The average Bonchev–Trinajstić information content (AvgIpc) is 3.48. The summed E-state index contributed by atoms with van der Waals surface area (Å²) in [6.07, 6.45) is 8.69. The molecule has 4 rings (SSSR count). The van der Waals surface area contributed by atoms with E-state index in [4.69, 9.17) is 0 Å². The van der Waals surface area contributed by atoms with Crippen molar-refractivity contribution in [3.05, 3.63) is 64.4 Å². The molecule has 3 aliphatic carbocycles. The van der Waals surface area contributed by atoms with Crippen LogP contribution in [0.25, 0.3) is 0 Å². The predicted molar refractivity (Wildman–Crippen MR) is 119 cm³/mol. The number of carbonyl (C=O) groups is 1. The summed E-state index contributed by atoms with van der Waals surface area (Å²) in [4.78, 5) is 13.7. The molecule has 0 amide bonds. The molecule has 1 aromatic carbocycles. The molecule has 0 saturated heterocycles. The molecule has 3 nitrogen and oxygen atoms in total. The molecule has 1 N–H and O–H groups in total. The van der Waals surface area contributed by atoms with E-state index >= 15 is 0 Å². The Balaban J connectivity index is 1.75. The lowest BCUT2D eigenvalue weighted by Gasteiger charge is -2.45. The van der Waals surface area contributed by atoms with Gasteiger partial charge in [-0.3, -0.25) is 0 Å². The second-order valence-corrected chi connectivity index (χ2v) is 10.00. The summed E-state index contributed by atoms with van der Waals surface area (Å²) in [5.74, 6) is 0.918. The fourth-order valence-electron chi connectivity index (χ4n) is 5.12. The minimum atomic E-state index is -0.874. The molecule has 154 valence electrons. The van der Waals surface area contributed by atoms with E-state index in [1.165, 1.54) is 41.7 Å². The molecular formula is C26H33NO2. The zero-order chi connectivity index (χ0) is 20.9. The first-order valence-corrected chi connectivity index (χ1v) is 10.9. The zero-order valence-corrected chi connectivity index (χ0v) is 18.3. The van der Waals surface area contributed by atoms with Gasteiger partial charge in [0.25, 0.3) is 0 Å². The molecule has 29 heavy (non-hydrogen) atoms. The number of benzene rings is 1. The van der Waals surface area contributed by atoms with E-state index in [-0.39, 0.29) is 5.41 Å². The van der Waals surface area contributed by atoms with Gasteiger partial charge < -0.3 is 10.0 Å². The van der Waals surface area contributed by atoms with Gasteiger partial charge in [0.2, 0.25) is 0 Å². The topological polar surface area (TPSA) is 40.5 Å². The highest BCUT2D eigenvalue weighted by atomic mass is 16.4. The van der Waals surface area contributed by atoms with Gasteiger partial charge in [-0.25, -0.2) is 4.79 Å². The highest BCUT2D eigenvalue weighted by Gasteiger charge is 2.40. The molecule has 1 saturated carbocycles. The summed E-state index contributed by atoms with van der Waals surface area (Å²) in [5, 5.41) is 9.25. The molecule has 3 heteroatoms. The molecule has 0 aliphatic heterocycles. The van der Waals surface area contributed by atoms with E-state index < -0.39 is 5.97 Å². The van der Waals surface area contributed by atoms with Crippen LogP contribution < -0.4 is 4.90 Å². The summed E-state index contributed by atoms with van der Waals surface area (Å²) in [5.41, 5.74) is 7.30. The third-order valence-corrected chi connectivity index (χ3v) is 7.16. The Morgan fingerprint density at radius 1 is 1.17 bits per heavy atom. The Morgan fingerprint density at radius 2 is 1.83 bits per heavy atom. The maximum atomic E-state index is 11.3. The van der Waals surface area contributed by atoms with Crippen LogP contribution in [-0.2, 0) is 0 Å². The van der Waals surface area contributed by atoms with Gasteiger partial charge in [0.05, 0.1) is 5.56 Å². The van der Waals surface area contributed by atoms with Crippen molar-refractivity contribution in [1.82, 2.24) is 0 Å². The first-order valence-electron chi connectivity index (χ1n) is 10.9. The maximum absolute atomic E-state index is 11.3. The van der Waals surface area contributed by atoms with Crippen LogP contribution in [-0.4, -0.2) is 17.6 Å². The summed E-state index contributed by atoms with van der Waals surface area (Å²) in [6.45, 7) is 12.7. The monoisotopic (exact) mass is 391 g/mol. The van der Waals surface area contributed by atoms with Crippen LogP contribution in [0.15, 0.2) is 58.8 Å². The number of nitrogens with zero attached hydrogens (tertiary/aromatic N) is 1. The molecule has 1 aromatic rings. The summed E-state index contributed by atoms with van der Waals surface area (Å²) < 4.78 is 0. The van der Waals surface area contributed by atoms with Gasteiger partial charge in [-0.05, 0) is 85.8 Å². The number of hydrogen-bond donors (Lipinski definition) is 1. The SMILES string of the molecule is CC1=CC2=C(C)C(C)CC(C)(C)C2C=C1N(CC1CC1)c1ccc(C(=O)O)cc1. The standard InChI is InChI=1S/C26H33NO2/c1-16-12-22-18(3)17(2)14-26(4,5)23(22)13-24(16)27(15-19-6-7-19)21-10-8-20(9-11-21)25(28)29/h8-13,17,19,23H,6-7,14-15H2,1-5H3,(H,28,29). The molecule has 0 heterocycles. The highest BCUT2D eigenvalue weighted by Crippen LogP contribution is 2.50. The van der Waals surface area contributed by atoms with Crippen LogP contribution in [0, 0.1) is 23.2 Å². The largest absolute Gasteiger partial charge is 0.478 e. The van der Waals surface area contributed by atoms with Gasteiger partial charge in [-0.2, -0.15) is 0 Å². The number of anilines is 1. The van der Waals surface area contributed by atoms with Crippen LogP contribution in [0.4, 0.5) is 5.69 Å². The van der Waals surface area contributed by atoms with Gasteiger partial charge >= 0.3 is 5.97 Å². The summed E-state index contributed by atoms with van der Waals surface area (Å²) >= 11 is 0. The number of aromatic carboxylic acids is 1. The van der Waals surface area contributed by atoms with Crippen molar-refractivity contribution in [1.29, 1.82) is 0 Å². The van der Waals surface area contributed by atoms with Crippen LogP contribution >= 0.6 is 0 Å². The van der Waals surface area contributed by atoms with Crippen LogP contribution in [0.1, 0.15) is 64.2 Å². The van der Waals surface area contributed by atoms with Crippen molar-refractivity contribution in [3.8, 4) is 0 Å². The van der Waals surface area contributed by atoms with Crippen molar-refractivity contribution in [2.45, 2.75) is 53.9 Å². The molecule has 1 fully saturated rings. The van der Waals surface area contributed by atoms with Gasteiger partial charge in [-0.15, -0.1) is 0 Å². The van der Waals surface area contributed by atoms with E-state index in [1.54, 1.807) is 12.1 Å². The molecule has 3 aliphatic rings. The lowest BCUT2D eigenvalue weighted by atomic mass is 9.61. The van der Waals surface area contributed by atoms with E-state index in [0.29, 0.717) is 17.4 Å². The second kappa shape index (κ2) is 7.19. The first kappa shape index (κ1) is 20.0. The lowest BCUT2D eigenvalue weighted by molar-refractivity contribution is 0.0697. The Hall–Kier alpha value is -2.29. The molecule has 0 radical (unpaired) electrons. The average molecular weight is 392 g/mol. The van der Waals surface area contributed by atoms with Crippen LogP contribution in [0.2, 0.25) is 0 Å². The van der Waals surface area contributed by atoms with Crippen molar-refractivity contribution >= 4 is 11.7 Å².